The van der Waals surface area contributed by atoms with Crippen LogP contribution in [0.3, 0.4) is 0 Å². The Kier molecular flexibility index (Phi) is 12.4. The van der Waals surface area contributed by atoms with Crippen LogP contribution in [0.25, 0.3) is 11.1 Å². The van der Waals surface area contributed by atoms with Gasteiger partial charge in [-0.15, -0.1) is 0 Å². The summed E-state index contributed by atoms with van der Waals surface area (Å²) in [5.41, 5.74) is 4.59. The molecule has 0 saturated heterocycles. The number of amides is 2. The van der Waals surface area contributed by atoms with Crippen LogP contribution in [0, 0.1) is 0 Å². The summed E-state index contributed by atoms with van der Waals surface area (Å²) in [5, 5.41) is 2.90. The van der Waals surface area contributed by atoms with Gasteiger partial charge in [-0.05, 0) is 70.9 Å². The Morgan fingerprint density at radius 3 is 1.89 bits per heavy atom. The fraction of sp³-hybridized carbons (Fsp3) is 0.200. The molecule has 1 N–H and O–H groups in total. The van der Waals surface area contributed by atoms with Crippen LogP contribution in [-0.4, -0.2) is 52.5 Å². The lowest BCUT2D eigenvalue weighted by Gasteiger charge is -2.37. The lowest BCUT2D eigenvalue weighted by molar-refractivity contribution is -0.142. The number of esters is 1. The SMILES string of the molecule is CCCC(=O)N(c1ccc(C(=O)N[C@@H](CCSC)C(=O)OC)c(-c2ccccc2)c1)c1cn(C(c2ccccc2)(c2ccccc2)c2ccccc2)cn1. The van der Waals surface area contributed by atoms with Crippen LogP contribution in [-0.2, 0) is 19.9 Å². The largest absolute Gasteiger partial charge is 0.467 e. The molecule has 9 heteroatoms. The molecule has 0 aliphatic carbocycles. The van der Waals surface area contributed by atoms with Gasteiger partial charge in [0.1, 0.15) is 11.6 Å². The van der Waals surface area contributed by atoms with Gasteiger partial charge in [0.25, 0.3) is 5.91 Å². The Morgan fingerprint density at radius 1 is 0.815 bits per heavy atom. The normalized spacial score (nSPS) is 11.8. The quantitative estimate of drug-likeness (QED) is 0.0837. The van der Waals surface area contributed by atoms with Gasteiger partial charge in [0, 0.05) is 12.0 Å². The van der Waals surface area contributed by atoms with Gasteiger partial charge >= 0.3 is 5.97 Å². The van der Waals surface area contributed by atoms with E-state index in [1.54, 1.807) is 35.1 Å². The Morgan fingerprint density at radius 2 is 1.37 bits per heavy atom. The number of aromatic nitrogens is 2. The third-order valence-corrected chi connectivity index (χ3v) is 10.1. The first-order chi connectivity index (χ1) is 26.4. The minimum absolute atomic E-state index is 0.133. The highest BCUT2D eigenvalue weighted by atomic mass is 32.2. The van der Waals surface area contributed by atoms with E-state index < -0.39 is 23.5 Å². The number of thioether (sulfide) groups is 1. The Balaban J connectivity index is 1.50. The van der Waals surface area contributed by atoms with E-state index in [0.29, 0.717) is 41.2 Å². The van der Waals surface area contributed by atoms with Crippen molar-refractivity contribution in [2.24, 2.45) is 0 Å². The zero-order valence-electron chi connectivity index (χ0n) is 30.7. The van der Waals surface area contributed by atoms with Crippen molar-refractivity contribution in [3.63, 3.8) is 0 Å². The lowest BCUT2D eigenvalue weighted by Crippen LogP contribution is -2.42. The van der Waals surface area contributed by atoms with Gasteiger partial charge in [0.2, 0.25) is 5.91 Å². The number of rotatable bonds is 15. The number of nitrogens with one attached hydrogen (secondary N) is 1. The highest BCUT2D eigenvalue weighted by Gasteiger charge is 2.39. The van der Waals surface area contributed by atoms with Crippen LogP contribution in [0.2, 0.25) is 0 Å². The summed E-state index contributed by atoms with van der Waals surface area (Å²) in [7, 11) is 1.32. The van der Waals surface area contributed by atoms with E-state index in [1.165, 1.54) is 7.11 Å². The molecule has 0 fully saturated rings. The molecule has 0 unspecified atom stereocenters. The van der Waals surface area contributed by atoms with Gasteiger partial charge in [-0.25, -0.2) is 9.78 Å². The van der Waals surface area contributed by atoms with Crippen LogP contribution in [0.15, 0.2) is 152 Å². The van der Waals surface area contributed by atoms with Crippen molar-refractivity contribution in [3.8, 4) is 11.1 Å². The lowest BCUT2D eigenvalue weighted by atomic mass is 9.77. The van der Waals surface area contributed by atoms with E-state index in [9.17, 15) is 14.4 Å². The summed E-state index contributed by atoms with van der Waals surface area (Å²) in [4.78, 5) is 47.3. The second-order valence-electron chi connectivity index (χ2n) is 12.9. The molecule has 274 valence electrons. The Bertz CT molecular complexity index is 2060. The molecule has 6 rings (SSSR count). The Hall–Kier alpha value is -5.93. The summed E-state index contributed by atoms with van der Waals surface area (Å²) < 4.78 is 7.08. The summed E-state index contributed by atoms with van der Waals surface area (Å²) >= 11 is 1.59. The molecule has 1 aromatic heterocycles. The van der Waals surface area contributed by atoms with Crippen LogP contribution in [0.1, 0.15) is 53.2 Å². The van der Waals surface area contributed by atoms with Crippen molar-refractivity contribution in [2.75, 3.05) is 24.0 Å². The molecule has 1 atom stereocenters. The first kappa shape index (κ1) is 37.8. The first-order valence-electron chi connectivity index (χ1n) is 18.0. The summed E-state index contributed by atoms with van der Waals surface area (Å²) in [5.74, 6) is 0.0723. The second kappa shape index (κ2) is 17.7. The van der Waals surface area contributed by atoms with Crippen molar-refractivity contribution in [1.29, 1.82) is 0 Å². The number of nitrogens with zero attached hydrogens (tertiary/aromatic N) is 3. The van der Waals surface area contributed by atoms with Crippen LogP contribution in [0.5, 0.6) is 0 Å². The third-order valence-electron chi connectivity index (χ3n) is 9.47. The van der Waals surface area contributed by atoms with Gasteiger partial charge in [-0.1, -0.05) is 128 Å². The van der Waals surface area contributed by atoms with Crippen LogP contribution in [0.4, 0.5) is 11.5 Å². The van der Waals surface area contributed by atoms with Gasteiger partial charge < -0.3 is 14.6 Å². The minimum Gasteiger partial charge on any atom is -0.467 e. The molecule has 8 nitrogen and oxygen atoms in total. The Labute approximate surface area is 321 Å². The number of carbonyl (C=O) groups excluding carboxylic acids is 3. The molecule has 0 spiro atoms. The van der Waals surface area contributed by atoms with Crippen molar-refractivity contribution in [1.82, 2.24) is 14.9 Å². The van der Waals surface area contributed by atoms with Crippen molar-refractivity contribution >= 4 is 41.1 Å². The standard InChI is InChI=1S/C45H44N4O4S/c1-4-17-42(50)49(37-26-27-38(39(30-37)33-18-9-5-10-19-33)43(51)47-40(28-29-54-3)44(52)53-2)41-31-48(32-46-41)45(34-20-11-6-12-21-34,35-22-13-7-14-23-35)36-24-15-8-16-25-36/h5-16,18-27,30-32,40H,4,17,28-29H2,1-3H3,(H,47,51)/t40-/m0/s1. The number of imidazole rings is 1. The molecule has 0 aliphatic rings. The maximum atomic E-state index is 14.2. The topological polar surface area (TPSA) is 93.5 Å². The zero-order chi connectivity index (χ0) is 37.9. The fourth-order valence-electron chi connectivity index (χ4n) is 6.92. The monoisotopic (exact) mass is 736 g/mol. The molecule has 6 aromatic rings. The fourth-order valence-corrected chi connectivity index (χ4v) is 7.39. The van der Waals surface area contributed by atoms with Gasteiger partial charge in [-0.3, -0.25) is 14.5 Å². The summed E-state index contributed by atoms with van der Waals surface area (Å²) in [6.07, 6.45) is 7.01. The van der Waals surface area contributed by atoms with Gasteiger partial charge in [0.05, 0.1) is 25.3 Å². The molecule has 1 heterocycles. The molecule has 5 aromatic carbocycles. The maximum absolute atomic E-state index is 14.2. The van der Waals surface area contributed by atoms with Crippen molar-refractivity contribution < 1.29 is 19.1 Å². The number of hydrogen-bond acceptors (Lipinski definition) is 6. The molecular weight excluding hydrogens is 693 g/mol. The number of carbonyl (C=O) groups is 3. The maximum Gasteiger partial charge on any atom is 0.328 e. The molecule has 54 heavy (non-hydrogen) atoms. The highest BCUT2D eigenvalue weighted by molar-refractivity contribution is 7.98. The smallest absolute Gasteiger partial charge is 0.328 e. The number of anilines is 2. The minimum atomic E-state index is -0.821. The van der Waals surface area contributed by atoms with E-state index in [2.05, 4.69) is 46.3 Å². The van der Waals surface area contributed by atoms with Gasteiger partial charge in [0.15, 0.2) is 5.82 Å². The average Bonchev–Trinajstić information content (AvgIpc) is 3.70. The molecule has 0 saturated carbocycles. The predicted octanol–water partition coefficient (Wildman–Crippen LogP) is 8.88. The number of methoxy groups -OCH3 is 1. The van der Waals surface area contributed by atoms with Crippen molar-refractivity contribution in [2.45, 2.75) is 37.8 Å². The number of ether oxygens (including phenoxy) is 1. The van der Waals surface area contributed by atoms with E-state index in [1.807, 2.05) is 110 Å². The predicted molar refractivity (Wildman–Crippen MR) is 217 cm³/mol. The average molecular weight is 737 g/mol. The second-order valence-corrected chi connectivity index (χ2v) is 13.8. The molecule has 2 amide bonds. The summed E-state index contributed by atoms with van der Waals surface area (Å²) in [6.45, 7) is 1.97. The third kappa shape index (κ3) is 7.87. The highest BCUT2D eigenvalue weighted by Crippen LogP contribution is 2.42. The zero-order valence-corrected chi connectivity index (χ0v) is 31.5. The van der Waals surface area contributed by atoms with E-state index >= 15 is 0 Å². The molecule has 0 radical (unpaired) electrons. The van der Waals surface area contributed by atoms with Crippen LogP contribution >= 0.6 is 11.8 Å². The van der Waals surface area contributed by atoms with E-state index in [4.69, 9.17) is 9.72 Å². The van der Waals surface area contributed by atoms with Crippen molar-refractivity contribution in [3.05, 3.63) is 174 Å². The molecule has 0 aliphatic heterocycles. The summed E-state index contributed by atoms with van der Waals surface area (Å²) in [6, 6.07) is 44.9. The number of hydrogen-bond donors (Lipinski definition) is 1. The van der Waals surface area contributed by atoms with E-state index in [-0.39, 0.29) is 12.3 Å². The number of benzene rings is 5. The molecular formula is C45H44N4O4S. The first-order valence-corrected chi connectivity index (χ1v) is 19.4. The van der Waals surface area contributed by atoms with Gasteiger partial charge in [-0.2, -0.15) is 11.8 Å². The molecule has 0 bridgehead atoms. The van der Waals surface area contributed by atoms with Crippen LogP contribution < -0.4 is 10.2 Å². The van der Waals surface area contributed by atoms with E-state index in [0.717, 1.165) is 22.3 Å².